The average molecular weight is 286 g/mol. The Labute approximate surface area is 124 Å². The third-order valence-corrected chi connectivity index (χ3v) is 3.84. The van der Waals surface area contributed by atoms with Crippen molar-refractivity contribution in [2.45, 2.75) is 58.6 Å². The molecule has 1 aliphatic heterocycles. The van der Waals surface area contributed by atoms with E-state index in [-0.39, 0.29) is 6.10 Å². The summed E-state index contributed by atoms with van der Waals surface area (Å²) in [6.45, 7) is 11.9. The van der Waals surface area contributed by atoms with Gasteiger partial charge in [0.15, 0.2) is 0 Å². The molecular weight excluding hydrogens is 252 g/mol. The molecule has 0 spiro atoms. The number of unbranched alkanes of at least 4 members (excludes halogenated alkanes) is 1. The van der Waals surface area contributed by atoms with Crippen LogP contribution in [0.15, 0.2) is 0 Å². The third-order valence-electron chi connectivity index (χ3n) is 3.84. The summed E-state index contributed by atoms with van der Waals surface area (Å²) in [5, 5.41) is 13.5. The summed E-state index contributed by atoms with van der Waals surface area (Å²) in [5.41, 5.74) is 0. The molecule has 120 valence electrons. The van der Waals surface area contributed by atoms with E-state index in [4.69, 9.17) is 4.74 Å². The Morgan fingerprint density at radius 1 is 1.40 bits per heavy atom. The number of nitrogens with zero attached hydrogens (tertiary/aromatic N) is 1. The van der Waals surface area contributed by atoms with Crippen LogP contribution in [0.25, 0.3) is 0 Å². The number of aliphatic hydroxyl groups is 1. The molecule has 4 nitrogen and oxygen atoms in total. The molecule has 0 bridgehead atoms. The van der Waals surface area contributed by atoms with Crippen LogP contribution in [0.2, 0.25) is 0 Å². The van der Waals surface area contributed by atoms with Gasteiger partial charge in [-0.25, -0.2) is 0 Å². The van der Waals surface area contributed by atoms with Crippen molar-refractivity contribution < 1.29 is 9.84 Å². The van der Waals surface area contributed by atoms with Crippen molar-refractivity contribution in [3.05, 3.63) is 0 Å². The molecule has 0 aromatic carbocycles. The second-order valence-corrected chi connectivity index (χ2v) is 6.41. The van der Waals surface area contributed by atoms with Crippen molar-refractivity contribution in [1.82, 2.24) is 10.2 Å². The zero-order valence-corrected chi connectivity index (χ0v) is 13.6. The first-order chi connectivity index (χ1) is 9.61. The summed E-state index contributed by atoms with van der Waals surface area (Å²) in [6, 6.07) is 0.558. The van der Waals surface area contributed by atoms with Crippen molar-refractivity contribution in [3.63, 3.8) is 0 Å². The van der Waals surface area contributed by atoms with Crippen LogP contribution in [-0.2, 0) is 4.74 Å². The molecule has 2 N–H and O–H groups in total. The maximum absolute atomic E-state index is 10.0. The van der Waals surface area contributed by atoms with E-state index in [0.717, 1.165) is 51.5 Å². The predicted molar refractivity (Wildman–Crippen MR) is 84.0 cm³/mol. The van der Waals surface area contributed by atoms with Gasteiger partial charge in [-0.1, -0.05) is 27.2 Å². The molecule has 20 heavy (non-hydrogen) atoms. The van der Waals surface area contributed by atoms with Gasteiger partial charge in [0.1, 0.15) is 0 Å². The summed E-state index contributed by atoms with van der Waals surface area (Å²) in [7, 11) is 0. The largest absolute Gasteiger partial charge is 0.389 e. The number of nitrogens with one attached hydrogen (secondary N) is 1. The first-order valence-electron chi connectivity index (χ1n) is 8.33. The minimum Gasteiger partial charge on any atom is -0.389 e. The molecule has 0 aromatic rings. The van der Waals surface area contributed by atoms with Crippen LogP contribution in [0, 0.1) is 5.92 Å². The maximum Gasteiger partial charge on any atom is 0.0900 e. The quantitative estimate of drug-likeness (QED) is 0.602. The van der Waals surface area contributed by atoms with Crippen molar-refractivity contribution in [2.75, 3.05) is 39.4 Å². The van der Waals surface area contributed by atoms with E-state index in [9.17, 15) is 5.11 Å². The Balaban J connectivity index is 2.15. The number of aliphatic hydroxyl groups excluding tert-OH is 1. The fourth-order valence-electron chi connectivity index (χ4n) is 2.70. The van der Waals surface area contributed by atoms with Gasteiger partial charge in [-0.15, -0.1) is 0 Å². The van der Waals surface area contributed by atoms with E-state index in [0.29, 0.717) is 12.6 Å². The van der Waals surface area contributed by atoms with Gasteiger partial charge in [0.25, 0.3) is 0 Å². The van der Waals surface area contributed by atoms with E-state index in [2.05, 4.69) is 31.0 Å². The van der Waals surface area contributed by atoms with Gasteiger partial charge in [-0.05, 0) is 38.3 Å². The fraction of sp³-hybridized carbons (Fsp3) is 1.00. The van der Waals surface area contributed by atoms with Crippen LogP contribution in [0.3, 0.4) is 0 Å². The van der Waals surface area contributed by atoms with Gasteiger partial charge in [0.05, 0.1) is 12.7 Å². The Bertz CT molecular complexity index is 237. The molecule has 1 aliphatic rings. The van der Waals surface area contributed by atoms with E-state index in [1.165, 1.54) is 12.8 Å². The summed E-state index contributed by atoms with van der Waals surface area (Å²) < 4.78 is 5.49. The van der Waals surface area contributed by atoms with E-state index < -0.39 is 0 Å². The Hall–Kier alpha value is -0.160. The summed E-state index contributed by atoms with van der Waals surface area (Å²) in [5.74, 6) is 0.722. The monoisotopic (exact) mass is 286 g/mol. The molecule has 2 unspecified atom stereocenters. The number of β-amino-alcohol motifs (C(OH)–C–C–N with tert-alkyl or cyclic N) is 1. The van der Waals surface area contributed by atoms with Crippen LogP contribution in [0.5, 0.6) is 0 Å². The maximum atomic E-state index is 10.0. The topological polar surface area (TPSA) is 44.7 Å². The Morgan fingerprint density at radius 2 is 2.20 bits per heavy atom. The molecule has 0 saturated carbocycles. The SMILES string of the molecule is CCCCOCC(O)CN1CCCC(CNC(C)C)C1. The standard InChI is InChI=1S/C16H34N2O2/c1-4-5-9-20-13-16(19)12-18-8-6-7-15(11-18)10-17-14(2)3/h14-17,19H,4-13H2,1-3H3. The molecule has 4 heteroatoms. The third kappa shape index (κ3) is 8.20. The summed E-state index contributed by atoms with van der Waals surface area (Å²) in [6.07, 6.45) is 4.43. The number of hydrogen-bond acceptors (Lipinski definition) is 4. The van der Waals surface area contributed by atoms with Gasteiger partial charge in [0.2, 0.25) is 0 Å². The highest BCUT2D eigenvalue weighted by Crippen LogP contribution is 2.16. The van der Waals surface area contributed by atoms with Gasteiger partial charge in [-0.2, -0.15) is 0 Å². The zero-order chi connectivity index (χ0) is 14.8. The first-order valence-corrected chi connectivity index (χ1v) is 8.33. The van der Waals surface area contributed by atoms with E-state index >= 15 is 0 Å². The number of hydrogen-bond donors (Lipinski definition) is 2. The van der Waals surface area contributed by atoms with Crippen molar-refractivity contribution in [2.24, 2.45) is 5.92 Å². The lowest BCUT2D eigenvalue weighted by molar-refractivity contribution is 0.00829. The second kappa shape index (κ2) is 10.6. The van der Waals surface area contributed by atoms with E-state index in [1.54, 1.807) is 0 Å². The number of likely N-dealkylation sites (tertiary alicyclic amines) is 1. The van der Waals surface area contributed by atoms with Crippen molar-refractivity contribution in [3.8, 4) is 0 Å². The molecule has 0 aromatic heterocycles. The van der Waals surface area contributed by atoms with Crippen LogP contribution in [0.4, 0.5) is 0 Å². The first kappa shape index (κ1) is 17.9. The lowest BCUT2D eigenvalue weighted by atomic mass is 9.97. The summed E-state index contributed by atoms with van der Waals surface area (Å²) in [4.78, 5) is 2.39. The normalized spacial score (nSPS) is 22.4. The van der Waals surface area contributed by atoms with Crippen molar-refractivity contribution >= 4 is 0 Å². The number of ether oxygens (including phenoxy) is 1. The Kier molecular flexibility index (Phi) is 9.44. The average Bonchev–Trinajstić information content (AvgIpc) is 2.42. The highest BCUT2D eigenvalue weighted by atomic mass is 16.5. The number of piperidine rings is 1. The van der Waals surface area contributed by atoms with Crippen molar-refractivity contribution in [1.29, 1.82) is 0 Å². The van der Waals surface area contributed by atoms with Crippen LogP contribution in [-0.4, -0.2) is 61.5 Å². The molecule has 1 saturated heterocycles. The molecule has 1 heterocycles. The van der Waals surface area contributed by atoms with Crippen LogP contribution in [0.1, 0.15) is 46.5 Å². The van der Waals surface area contributed by atoms with E-state index in [1.807, 2.05) is 0 Å². The smallest absolute Gasteiger partial charge is 0.0900 e. The molecule has 2 atom stereocenters. The Morgan fingerprint density at radius 3 is 2.90 bits per heavy atom. The lowest BCUT2D eigenvalue weighted by Crippen LogP contribution is -2.44. The van der Waals surface area contributed by atoms with Crippen LogP contribution < -0.4 is 5.32 Å². The van der Waals surface area contributed by atoms with Gasteiger partial charge in [0, 0.05) is 25.7 Å². The van der Waals surface area contributed by atoms with Gasteiger partial charge < -0.3 is 20.1 Å². The summed E-state index contributed by atoms with van der Waals surface area (Å²) >= 11 is 0. The molecule has 0 amide bonds. The van der Waals surface area contributed by atoms with Gasteiger partial charge >= 0.3 is 0 Å². The lowest BCUT2D eigenvalue weighted by Gasteiger charge is -2.34. The highest BCUT2D eigenvalue weighted by Gasteiger charge is 2.21. The zero-order valence-electron chi connectivity index (χ0n) is 13.6. The molecule has 0 radical (unpaired) electrons. The molecule has 1 fully saturated rings. The molecule has 1 rings (SSSR count). The number of rotatable bonds is 10. The second-order valence-electron chi connectivity index (χ2n) is 6.41. The van der Waals surface area contributed by atoms with Crippen LogP contribution >= 0.6 is 0 Å². The minimum absolute atomic E-state index is 0.344. The highest BCUT2D eigenvalue weighted by molar-refractivity contribution is 4.77. The predicted octanol–water partition coefficient (Wildman–Crippen LogP) is 1.87. The molecule has 0 aliphatic carbocycles. The van der Waals surface area contributed by atoms with Gasteiger partial charge in [-0.3, -0.25) is 0 Å². The molecular formula is C16H34N2O2. The minimum atomic E-state index is -0.344. The fourth-order valence-corrected chi connectivity index (χ4v) is 2.70.